The van der Waals surface area contributed by atoms with E-state index in [1.807, 2.05) is 0 Å². The van der Waals surface area contributed by atoms with E-state index in [0.29, 0.717) is 11.5 Å². The average molecular weight is 408 g/mol. The van der Waals surface area contributed by atoms with E-state index in [9.17, 15) is 22.8 Å². The summed E-state index contributed by atoms with van der Waals surface area (Å²) in [5, 5.41) is 4.67. The summed E-state index contributed by atoms with van der Waals surface area (Å²) in [7, 11) is 1.43. The van der Waals surface area contributed by atoms with Crippen molar-refractivity contribution < 1.29 is 32.2 Å². The van der Waals surface area contributed by atoms with Crippen LogP contribution >= 0.6 is 0 Å². The van der Waals surface area contributed by atoms with Gasteiger partial charge in [-0.3, -0.25) is 9.59 Å². The van der Waals surface area contributed by atoms with Gasteiger partial charge in [0, 0.05) is 11.6 Å². The summed E-state index contributed by atoms with van der Waals surface area (Å²) in [5.41, 5.74) is -1.45. The van der Waals surface area contributed by atoms with Gasteiger partial charge in [0.1, 0.15) is 0 Å². The van der Waals surface area contributed by atoms with Gasteiger partial charge >= 0.3 is 6.18 Å². The van der Waals surface area contributed by atoms with E-state index < -0.39 is 29.9 Å². The van der Waals surface area contributed by atoms with Crippen LogP contribution < -0.4 is 20.1 Å². The Hall–Kier alpha value is -3.23. The Balaban J connectivity index is 1.69. The Morgan fingerprint density at radius 1 is 1.07 bits per heavy atom. The standard InChI is InChI=1S/C20H19F3N2O4/c1-28-16-4-2-3-5-17(16)29-11-18(26)25-15-9-8-13(10-14(15)20(21,22)23)24-19(27)12-6-7-12/h2-5,8-10,12H,6-7,11H2,1H3,(H,24,27)(H,25,26). The molecule has 1 saturated carbocycles. The number of anilines is 2. The molecule has 0 radical (unpaired) electrons. The van der Waals surface area contributed by atoms with Gasteiger partial charge in [-0.2, -0.15) is 13.2 Å². The number of carbonyl (C=O) groups is 2. The molecule has 0 saturated heterocycles. The van der Waals surface area contributed by atoms with E-state index in [4.69, 9.17) is 9.47 Å². The van der Waals surface area contributed by atoms with Crippen LogP contribution in [0.25, 0.3) is 0 Å². The molecule has 0 atom stereocenters. The molecule has 0 unspecified atom stereocenters. The molecule has 0 heterocycles. The first-order valence-corrected chi connectivity index (χ1v) is 8.85. The van der Waals surface area contributed by atoms with Crippen LogP contribution in [0, 0.1) is 5.92 Å². The van der Waals surface area contributed by atoms with Crippen molar-refractivity contribution in [3.8, 4) is 11.5 Å². The summed E-state index contributed by atoms with van der Waals surface area (Å²) in [4.78, 5) is 23.9. The Labute approximate surface area is 165 Å². The van der Waals surface area contributed by atoms with Crippen molar-refractivity contribution in [3.05, 3.63) is 48.0 Å². The maximum absolute atomic E-state index is 13.4. The average Bonchev–Trinajstić information content (AvgIpc) is 3.52. The monoisotopic (exact) mass is 408 g/mol. The summed E-state index contributed by atoms with van der Waals surface area (Å²) in [6.07, 6.45) is -3.25. The van der Waals surface area contributed by atoms with Crippen LogP contribution in [0.3, 0.4) is 0 Å². The molecule has 9 heteroatoms. The lowest BCUT2D eigenvalue weighted by molar-refractivity contribution is -0.137. The molecule has 0 spiro atoms. The molecular formula is C20H19F3N2O4. The lowest BCUT2D eigenvalue weighted by Gasteiger charge is -2.16. The second-order valence-corrected chi connectivity index (χ2v) is 6.51. The molecule has 154 valence electrons. The Kier molecular flexibility index (Phi) is 5.95. The van der Waals surface area contributed by atoms with Crippen molar-refractivity contribution in [2.75, 3.05) is 24.4 Å². The zero-order chi connectivity index (χ0) is 21.0. The summed E-state index contributed by atoms with van der Waals surface area (Å²) < 4.78 is 50.7. The molecule has 6 nitrogen and oxygen atoms in total. The molecule has 2 amide bonds. The van der Waals surface area contributed by atoms with Gasteiger partial charge in [-0.1, -0.05) is 12.1 Å². The van der Waals surface area contributed by atoms with E-state index in [2.05, 4.69) is 10.6 Å². The van der Waals surface area contributed by atoms with Crippen LogP contribution in [0.15, 0.2) is 42.5 Å². The number of nitrogens with one attached hydrogen (secondary N) is 2. The first-order valence-electron chi connectivity index (χ1n) is 8.85. The molecule has 0 bridgehead atoms. The predicted molar refractivity (Wildman–Crippen MR) is 99.9 cm³/mol. The number of hydrogen-bond acceptors (Lipinski definition) is 4. The van der Waals surface area contributed by atoms with Crippen molar-refractivity contribution in [2.24, 2.45) is 5.92 Å². The largest absolute Gasteiger partial charge is 0.493 e. The molecule has 1 aliphatic rings. The Morgan fingerprint density at radius 2 is 1.76 bits per heavy atom. The van der Waals surface area contributed by atoms with Gasteiger partial charge in [-0.15, -0.1) is 0 Å². The van der Waals surface area contributed by atoms with Crippen molar-refractivity contribution in [1.82, 2.24) is 0 Å². The van der Waals surface area contributed by atoms with Gasteiger partial charge in [-0.05, 0) is 43.2 Å². The maximum atomic E-state index is 13.4. The number of ether oxygens (including phenoxy) is 2. The fourth-order valence-electron chi connectivity index (χ4n) is 2.62. The summed E-state index contributed by atoms with van der Waals surface area (Å²) in [6.45, 7) is -0.502. The number of methoxy groups -OCH3 is 1. The summed E-state index contributed by atoms with van der Waals surface area (Å²) in [6, 6.07) is 9.81. The van der Waals surface area contributed by atoms with Gasteiger partial charge < -0.3 is 20.1 Å². The van der Waals surface area contributed by atoms with Crippen LogP contribution in [0.1, 0.15) is 18.4 Å². The zero-order valence-corrected chi connectivity index (χ0v) is 15.5. The molecule has 29 heavy (non-hydrogen) atoms. The van der Waals surface area contributed by atoms with E-state index in [0.717, 1.165) is 25.0 Å². The number of carbonyl (C=O) groups excluding carboxylic acids is 2. The second-order valence-electron chi connectivity index (χ2n) is 6.51. The van der Waals surface area contributed by atoms with Crippen LogP contribution in [-0.4, -0.2) is 25.5 Å². The number of halogens is 3. The third-order valence-electron chi connectivity index (χ3n) is 4.24. The number of alkyl halides is 3. The van der Waals surface area contributed by atoms with E-state index in [1.54, 1.807) is 24.3 Å². The van der Waals surface area contributed by atoms with Crippen LogP contribution in [0.4, 0.5) is 24.5 Å². The molecule has 0 aromatic heterocycles. The fourth-order valence-corrected chi connectivity index (χ4v) is 2.62. The van der Waals surface area contributed by atoms with Gasteiger partial charge in [-0.25, -0.2) is 0 Å². The van der Waals surface area contributed by atoms with Gasteiger partial charge in [0.15, 0.2) is 18.1 Å². The topological polar surface area (TPSA) is 76.7 Å². The SMILES string of the molecule is COc1ccccc1OCC(=O)Nc1ccc(NC(=O)C2CC2)cc1C(F)(F)F. The summed E-state index contributed by atoms with van der Waals surface area (Å²) in [5.74, 6) is -0.529. The van der Waals surface area contributed by atoms with Crippen LogP contribution in [-0.2, 0) is 15.8 Å². The highest BCUT2D eigenvalue weighted by Crippen LogP contribution is 2.37. The lowest BCUT2D eigenvalue weighted by Crippen LogP contribution is -2.23. The van der Waals surface area contributed by atoms with Gasteiger partial charge in [0.25, 0.3) is 5.91 Å². The fraction of sp³-hybridized carbons (Fsp3) is 0.300. The van der Waals surface area contributed by atoms with E-state index in [-0.39, 0.29) is 17.5 Å². The zero-order valence-electron chi connectivity index (χ0n) is 15.5. The minimum Gasteiger partial charge on any atom is -0.493 e. The lowest BCUT2D eigenvalue weighted by atomic mass is 10.1. The second kappa shape index (κ2) is 8.42. The minimum absolute atomic E-state index is 0.0255. The normalized spacial score (nSPS) is 13.5. The van der Waals surface area contributed by atoms with Crippen LogP contribution in [0.2, 0.25) is 0 Å². The number of para-hydroxylation sites is 2. The molecule has 1 fully saturated rings. The van der Waals surface area contributed by atoms with Crippen molar-refractivity contribution in [1.29, 1.82) is 0 Å². The molecule has 1 aliphatic carbocycles. The molecular weight excluding hydrogens is 389 g/mol. The van der Waals surface area contributed by atoms with Crippen LogP contribution in [0.5, 0.6) is 11.5 Å². The molecule has 3 rings (SSSR count). The maximum Gasteiger partial charge on any atom is 0.418 e. The molecule has 2 aromatic rings. The highest BCUT2D eigenvalue weighted by molar-refractivity contribution is 5.96. The van der Waals surface area contributed by atoms with Crippen molar-refractivity contribution >= 4 is 23.2 Å². The van der Waals surface area contributed by atoms with Crippen molar-refractivity contribution in [2.45, 2.75) is 19.0 Å². The van der Waals surface area contributed by atoms with Gasteiger partial charge in [0.2, 0.25) is 5.91 Å². The van der Waals surface area contributed by atoms with E-state index in [1.165, 1.54) is 13.2 Å². The highest BCUT2D eigenvalue weighted by atomic mass is 19.4. The Bertz CT molecular complexity index is 911. The third-order valence-corrected chi connectivity index (χ3v) is 4.24. The first-order chi connectivity index (χ1) is 13.8. The Morgan fingerprint density at radius 3 is 2.38 bits per heavy atom. The summed E-state index contributed by atoms with van der Waals surface area (Å²) >= 11 is 0. The minimum atomic E-state index is -4.72. The van der Waals surface area contributed by atoms with Crippen molar-refractivity contribution in [3.63, 3.8) is 0 Å². The highest BCUT2D eigenvalue weighted by Gasteiger charge is 2.35. The molecule has 2 N–H and O–H groups in total. The number of amides is 2. The van der Waals surface area contributed by atoms with Gasteiger partial charge in [0.05, 0.1) is 18.4 Å². The molecule has 2 aromatic carbocycles. The first kappa shape index (κ1) is 20.5. The predicted octanol–water partition coefficient (Wildman–Crippen LogP) is 4.08. The molecule has 0 aliphatic heterocycles. The number of hydrogen-bond donors (Lipinski definition) is 2. The smallest absolute Gasteiger partial charge is 0.418 e. The quantitative estimate of drug-likeness (QED) is 0.724. The third kappa shape index (κ3) is 5.40. The number of rotatable bonds is 7. The number of benzene rings is 2. The van der Waals surface area contributed by atoms with E-state index >= 15 is 0 Å².